The van der Waals surface area contributed by atoms with Crippen molar-refractivity contribution in [3.8, 4) is 5.75 Å². The molecule has 1 saturated heterocycles. The average Bonchev–Trinajstić information content (AvgIpc) is 3.45. The van der Waals surface area contributed by atoms with Gasteiger partial charge in [-0.1, -0.05) is 0 Å². The molecular weight excluding hydrogens is 354 g/mol. The van der Waals surface area contributed by atoms with E-state index in [1.165, 1.54) is 40.1 Å². The molecule has 2 aliphatic rings. The molecule has 0 unspecified atom stereocenters. The number of sulfonamides is 1. The summed E-state index contributed by atoms with van der Waals surface area (Å²) in [5, 5.41) is 0. The van der Waals surface area contributed by atoms with Crippen LogP contribution in [0.4, 0.5) is 0 Å². The molecule has 0 N–H and O–H groups in total. The monoisotopic (exact) mass is 381 g/mol. The minimum atomic E-state index is -3.69. The number of hydrogen-bond acceptors (Lipinski definition) is 5. The Balaban J connectivity index is 1.75. The fourth-order valence-corrected chi connectivity index (χ4v) is 4.26. The molecule has 0 atom stereocenters. The molecule has 1 saturated carbocycles. The number of piperazine rings is 1. The third kappa shape index (κ3) is 4.02. The third-order valence-corrected chi connectivity index (χ3v) is 6.88. The van der Waals surface area contributed by atoms with E-state index >= 15 is 0 Å². The van der Waals surface area contributed by atoms with Crippen molar-refractivity contribution in [1.82, 2.24) is 14.1 Å². The third-order valence-electron chi connectivity index (χ3n) is 5.04. The van der Waals surface area contributed by atoms with Crippen molar-refractivity contribution < 1.29 is 17.9 Å². The maximum Gasteiger partial charge on any atom is 0.253 e. The second kappa shape index (κ2) is 7.54. The van der Waals surface area contributed by atoms with Gasteiger partial charge in [-0.15, -0.1) is 0 Å². The average molecular weight is 381 g/mol. The van der Waals surface area contributed by atoms with Gasteiger partial charge in [0, 0.05) is 52.4 Å². The van der Waals surface area contributed by atoms with Gasteiger partial charge in [-0.05, 0) is 37.0 Å². The first kappa shape index (κ1) is 19.1. The van der Waals surface area contributed by atoms with E-state index in [-0.39, 0.29) is 16.6 Å². The Morgan fingerprint density at radius 1 is 1.19 bits per heavy atom. The SMILES string of the molecule is COc1ccc(C(=O)N2CCN(CC3CC3)CC2)cc1S(=O)(=O)N(C)C. The zero-order chi connectivity index (χ0) is 18.9. The second-order valence-electron chi connectivity index (χ2n) is 7.19. The summed E-state index contributed by atoms with van der Waals surface area (Å²) in [6.45, 7) is 4.24. The Hall–Kier alpha value is -1.64. The summed E-state index contributed by atoms with van der Waals surface area (Å²) in [6, 6.07) is 4.60. The lowest BCUT2D eigenvalue weighted by molar-refractivity contribution is 0.0631. The molecule has 2 fully saturated rings. The predicted molar refractivity (Wildman–Crippen MR) is 98.9 cm³/mol. The van der Waals surface area contributed by atoms with Crippen molar-refractivity contribution in [2.24, 2.45) is 5.92 Å². The molecule has 144 valence electrons. The van der Waals surface area contributed by atoms with Crippen molar-refractivity contribution in [2.75, 3.05) is 53.9 Å². The minimum Gasteiger partial charge on any atom is -0.495 e. The van der Waals surface area contributed by atoms with Gasteiger partial charge in [0.1, 0.15) is 10.6 Å². The molecule has 1 amide bonds. The Labute approximate surface area is 155 Å². The maximum absolute atomic E-state index is 12.8. The van der Waals surface area contributed by atoms with E-state index in [0.717, 1.165) is 29.9 Å². The van der Waals surface area contributed by atoms with Crippen LogP contribution >= 0.6 is 0 Å². The number of methoxy groups -OCH3 is 1. The quantitative estimate of drug-likeness (QED) is 0.738. The molecule has 1 aromatic rings. The highest BCUT2D eigenvalue weighted by Crippen LogP contribution is 2.30. The summed E-state index contributed by atoms with van der Waals surface area (Å²) >= 11 is 0. The van der Waals surface area contributed by atoms with Gasteiger partial charge < -0.3 is 9.64 Å². The Morgan fingerprint density at radius 3 is 2.38 bits per heavy atom. The van der Waals surface area contributed by atoms with E-state index in [2.05, 4.69) is 4.90 Å². The molecule has 0 aromatic heterocycles. The van der Waals surface area contributed by atoms with E-state index < -0.39 is 10.0 Å². The zero-order valence-electron chi connectivity index (χ0n) is 15.6. The predicted octanol–water partition coefficient (Wildman–Crippen LogP) is 1.11. The van der Waals surface area contributed by atoms with Crippen molar-refractivity contribution in [3.63, 3.8) is 0 Å². The lowest BCUT2D eigenvalue weighted by Crippen LogP contribution is -2.49. The molecule has 0 bridgehead atoms. The van der Waals surface area contributed by atoms with Crippen molar-refractivity contribution >= 4 is 15.9 Å². The van der Waals surface area contributed by atoms with Gasteiger partial charge in [0.25, 0.3) is 5.91 Å². The minimum absolute atomic E-state index is 0.0169. The van der Waals surface area contributed by atoms with Crippen LogP contribution in [0, 0.1) is 5.92 Å². The number of amides is 1. The van der Waals surface area contributed by atoms with Gasteiger partial charge in [-0.2, -0.15) is 0 Å². The summed E-state index contributed by atoms with van der Waals surface area (Å²) in [7, 11) is 0.650. The fraction of sp³-hybridized carbons (Fsp3) is 0.611. The number of rotatable bonds is 6. The van der Waals surface area contributed by atoms with E-state index in [4.69, 9.17) is 4.74 Å². The van der Waals surface area contributed by atoms with Crippen LogP contribution in [-0.4, -0.2) is 82.4 Å². The summed E-state index contributed by atoms with van der Waals surface area (Å²) < 4.78 is 31.4. The van der Waals surface area contributed by atoms with Crippen molar-refractivity contribution in [2.45, 2.75) is 17.7 Å². The van der Waals surface area contributed by atoms with E-state index in [0.29, 0.717) is 18.7 Å². The molecule has 1 heterocycles. The lowest BCUT2D eigenvalue weighted by Gasteiger charge is -2.35. The van der Waals surface area contributed by atoms with Crippen LogP contribution < -0.4 is 4.74 Å². The smallest absolute Gasteiger partial charge is 0.253 e. The molecule has 1 aromatic carbocycles. The number of carbonyl (C=O) groups excluding carboxylic acids is 1. The molecule has 26 heavy (non-hydrogen) atoms. The zero-order valence-corrected chi connectivity index (χ0v) is 16.5. The van der Waals surface area contributed by atoms with Gasteiger partial charge in [-0.3, -0.25) is 9.69 Å². The summed E-state index contributed by atoms with van der Waals surface area (Å²) in [6.07, 6.45) is 2.65. The highest BCUT2D eigenvalue weighted by Gasteiger charge is 2.29. The first-order valence-electron chi connectivity index (χ1n) is 8.95. The number of carbonyl (C=O) groups is 1. The normalized spacial score (nSPS) is 19.0. The molecular formula is C18H27N3O4S. The van der Waals surface area contributed by atoms with E-state index in [1.54, 1.807) is 17.0 Å². The van der Waals surface area contributed by atoms with E-state index in [1.807, 2.05) is 0 Å². The lowest BCUT2D eigenvalue weighted by atomic mass is 10.1. The Bertz CT molecular complexity index is 767. The molecule has 3 rings (SSSR count). The van der Waals surface area contributed by atoms with Crippen LogP contribution in [0.5, 0.6) is 5.75 Å². The molecule has 0 radical (unpaired) electrons. The maximum atomic E-state index is 12.8. The standard InChI is InChI=1S/C18H27N3O4S/c1-19(2)26(23,24)17-12-15(6-7-16(17)25-3)18(22)21-10-8-20(9-11-21)13-14-4-5-14/h6-7,12,14H,4-5,8-11,13H2,1-3H3. The van der Waals surface area contributed by atoms with Gasteiger partial charge in [0.2, 0.25) is 10.0 Å². The van der Waals surface area contributed by atoms with Gasteiger partial charge in [0.05, 0.1) is 7.11 Å². The number of nitrogens with zero attached hydrogens (tertiary/aromatic N) is 3. The Morgan fingerprint density at radius 2 is 1.85 bits per heavy atom. The number of ether oxygens (including phenoxy) is 1. The van der Waals surface area contributed by atoms with Crippen molar-refractivity contribution in [1.29, 1.82) is 0 Å². The molecule has 7 nitrogen and oxygen atoms in total. The van der Waals surface area contributed by atoms with Crippen LogP contribution in [0.25, 0.3) is 0 Å². The molecule has 1 aliphatic heterocycles. The first-order chi connectivity index (χ1) is 12.3. The highest BCUT2D eigenvalue weighted by atomic mass is 32.2. The van der Waals surface area contributed by atoms with Gasteiger partial charge >= 0.3 is 0 Å². The number of hydrogen-bond donors (Lipinski definition) is 0. The highest BCUT2D eigenvalue weighted by molar-refractivity contribution is 7.89. The number of benzene rings is 1. The molecule has 0 spiro atoms. The largest absolute Gasteiger partial charge is 0.495 e. The second-order valence-corrected chi connectivity index (χ2v) is 9.31. The van der Waals surface area contributed by atoms with Crippen molar-refractivity contribution in [3.05, 3.63) is 23.8 Å². The van der Waals surface area contributed by atoms with Crippen LogP contribution in [-0.2, 0) is 10.0 Å². The van der Waals surface area contributed by atoms with Crippen LogP contribution in [0.15, 0.2) is 23.1 Å². The van der Waals surface area contributed by atoms with E-state index in [9.17, 15) is 13.2 Å². The fourth-order valence-electron chi connectivity index (χ4n) is 3.19. The Kier molecular flexibility index (Phi) is 5.55. The van der Waals surface area contributed by atoms with Crippen LogP contribution in [0.1, 0.15) is 23.2 Å². The molecule has 1 aliphatic carbocycles. The summed E-state index contributed by atoms with van der Waals surface area (Å²) in [5.74, 6) is 0.955. The topological polar surface area (TPSA) is 70.2 Å². The van der Waals surface area contributed by atoms with Gasteiger partial charge in [-0.25, -0.2) is 12.7 Å². The summed E-state index contributed by atoms with van der Waals surface area (Å²) in [5.41, 5.74) is 0.377. The first-order valence-corrected chi connectivity index (χ1v) is 10.4. The molecule has 8 heteroatoms. The van der Waals surface area contributed by atoms with Gasteiger partial charge in [0.15, 0.2) is 0 Å². The van der Waals surface area contributed by atoms with Crippen LogP contribution in [0.3, 0.4) is 0 Å². The summed E-state index contributed by atoms with van der Waals surface area (Å²) in [4.78, 5) is 17.1. The van der Waals surface area contributed by atoms with Crippen LogP contribution in [0.2, 0.25) is 0 Å².